The van der Waals surface area contributed by atoms with E-state index in [4.69, 9.17) is 4.74 Å². The van der Waals surface area contributed by atoms with Gasteiger partial charge in [-0.15, -0.1) is 6.58 Å². The van der Waals surface area contributed by atoms with E-state index in [0.29, 0.717) is 0 Å². The van der Waals surface area contributed by atoms with E-state index in [1.807, 2.05) is 18.2 Å². The number of allylic oxidation sites excluding steroid dienone is 1. The van der Waals surface area contributed by atoms with Crippen LogP contribution in [0.15, 0.2) is 36.9 Å². The summed E-state index contributed by atoms with van der Waals surface area (Å²) in [5, 5.41) is 0. The molecule has 2 heteroatoms. The molecule has 0 amide bonds. The van der Waals surface area contributed by atoms with Crippen LogP contribution in [0.1, 0.15) is 19.3 Å². The molecule has 76 valence electrons. The van der Waals surface area contributed by atoms with Crippen molar-refractivity contribution in [1.29, 1.82) is 0 Å². The zero-order valence-corrected chi connectivity index (χ0v) is 10.4. The SMILES string of the molecule is C=CCCCCOc1ccc(I)cc1. The summed E-state index contributed by atoms with van der Waals surface area (Å²) in [6.07, 6.45) is 5.28. The Labute approximate surface area is 99.3 Å². The normalized spacial score (nSPS) is 9.79. The van der Waals surface area contributed by atoms with E-state index in [1.54, 1.807) is 0 Å². The summed E-state index contributed by atoms with van der Waals surface area (Å²) in [5.41, 5.74) is 0. The highest BCUT2D eigenvalue weighted by Gasteiger charge is 1.92. The van der Waals surface area contributed by atoms with Gasteiger partial charge in [-0.2, -0.15) is 0 Å². The van der Waals surface area contributed by atoms with Gasteiger partial charge in [0.05, 0.1) is 6.61 Å². The maximum atomic E-state index is 5.57. The zero-order valence-electron chi connectivity index (χ0n) is 8.21. The quantitative estimate of drug-likeness (QED) is 0.438. The van der Waals surface area contributed by atoms with Crippen LogP contribution < -0.4 is 4.74 Å². The van der Waals surface area contributed by atoms with Crippen molar-refractivity contribution in [2.75, 3.05) is 6.61 Å². The highest BCUT2D eigenvalue weighted by atomic mass is 127. The number of hydrogen-bond donors (Lipinski definition) is 0. The minimum atomic E-state index is 0.800. The fourth-order valence-corrected chi connectivity index (χ4v) is 1.47. The van der Waals surface area contributed by atoms with Crippen molar-refractivity contribution in [2.45, 2.75) is 19.3 Å². The molecule has 0 aliphatic carbocycles. The molecule has 0 aliphatic heterocycles. The third-order valence-electron chi connectivity index (χ3n) is 1.88. The number of rotatable bonds is 6. The van der Waals surface area contributed by atoms with Gasteiger partial charge in [-0.1, -0.05) is 6.08 Å². The Balaban J connectivity index is 2.18. The van der Waals surface area contributed by atoms with Crippen LogP contribution in [0.25, 0.3) is 0 Å². The molecule has 0 atom stereocenters. The molecule has 1 rings (SSSR count). The molecule has 0 unspecified atom stereocenters. The summed E-state index contributed by atoms with van der Waals surface area (Å²) >= 11 is 2.29. The van der Waals surface area contributed by atoms with E-state index in [2.05, 4.69) is 41.3 Å². The predicted octanol–water partition coefficient (Wildman–Crippen LogP) is 4.03. The number of benzene rings is 1. The van der Waals surface area contributed by atoms with E-state index >= 15 is 0 Å². The van der Waals surface area contributed by atoms with Crippen LogP contribution in [0.2, 0.25) is 0 Å². The van der Waals surface area contributed by atoms with Gasteiger partial charge in [0.25, 0.3) is 0 Å². The van der Waals surface area contributed by atoms with E-state index < -0.39 is 0 Å². The van der Waals surface area contributed by atoms with E-state index in [0.717, 1.165) is 31.6 Å². The van der Waals surface area contributed by atoms with Gasteiger partial charge in [-0.05, 0) is 66.1 Å². The largest absolute Gasteiger partial charge is 0.494 e. The van der Waals surface area contributed by atoms with Crippen LogP contribution in [0, 0.1) is 3.57 Å². The monoisotopic (exact) mass is 302 g/mol. The first-order valence-corrected chi connectivity index (χ1v) is 5.90. The van der Waals surface area contributed by atoms with Crippen LogP contribution in [-0.2, 0) is 0 Å². The second-order valence-electron chi connectivity index (χ2n) is 3.09. The Morgan fingerprint density at radius 2 is 1.93 bits per heavy atom. The lowest BCUT2D eigenvalue weighted by molar-refractivity contribution is 0.307. The second-order valence-corrected chi connectivity index (χ2v) is 4.33. The van der Waals surface area contributed by atoms with Crippen LogP contribution >= 0.6 is 22.6 Å². The molecule has 0 N–H and O–H groups in total. The minimum absolute atomic E-state index is 0.800. The highest BCUT2D eigenvalue weighted by Crippen LogP contribution is 2.13. The number of halogens is 1. The Hall–Kier alpha value is -0.510. The summed E-state index contributed by atoms with van der Waals surface area (Å²) < 4.78 is 6.81. The summed E-state index contributed by atoms with van der Waals surface area (Å²) in [5.74, 6) is 0.962. The molecule has 0 fully saturated rings. The summed E-state index contributed by atoms with van der Waals surface area (Å²) in [6, 6.07) is 8.13. The summed E-state index contributed by atoms with van der Waals surface area (Å²) in [6.45, 7) is 4.48. The van der Waals surface area contributed by atoms with Crippen LogP contribution in [0.5, 0.6) is 5.75 Å². The van der Waals surface area contributed by atoms with E-state index in [1.165, 1.54) is 3.57 Å². The first-order chi connectivity index (χ1) is 6.83. The molecule has 0 aliphatic rings. The first-order valence-electron chi connectivity index (χ1n) is 4.82. The molecule has 1 nitrogen and oxygen atoms in total. The van der Waals surface area contributed by atoms with Gasteiger partial charge in [0, 0.05) is 3.57 Å². The molecule has 0 spiro atoms. The smallest absolute Gasteiger partial charge is 0.119 e. The first kappa shape index (κ1) is 11.6. The molecular weight excluding hydrogens is 287 g/mol. The Morgan fingerprint density at radius 1 is 1.21 bits per heavy atom. The fourth-order valence-electron chi connectivity index (χ4n) is 1.11. The maximum absolute atomic E-state index is 5.57. The molecule has 1 aromatic rings. The lowest BCUT2D eigenvalue weighted by atomic mass is 10.2. The molecule has 0 heterocycles. The van der Waals surface area contributed by atoms with Gasteiger partial charge >= 0.3 is 0 Å². The molecular formula is C12H15IO. The maximum Gasteiger partial charge on any atom is 0.119 e. The lowest BCUT2D eigenvalue weighted by Gasteiger charge is -2.04. The van der Waals surface area contributed by atoms with Crippen LogP contribution in [0.3, 0.4) is 0 Å². The van der Waals surface area contributed by atoms with E-state index in [-0.39, 0.29) is 0 Å². The second kappa shape index (κ2) is 6.87. The third-order valence-corrected chi connectivity index (χ3v) is 2.60. The van der Waals surface area contributed by atoms with Gasteiger partial charge in [0.1, 0.15) is 5.75 Å². The highest BCUT2D eigenvalue weighted by molar-refractivity contribution is 14.1. The van der Waals surface area contributed by atoms with Crippen LogP contribution in [-0.4, -0.2) is 6.61 Å². The van der Waals surface area contributed by atoms with Gasteiger partial charge < -0.3 is 4.74 Å². The topological polar surface area (TPSA) is 9.23 Å². The summed E-state index contributed by atoms with van der Waals surface area (Å²) in [7, 11) is 0. The van der Waals surface area contributed by atoms with Crippen molar-refractivity contribution in [3.63, 3.8) is 0 Å². The average molecular weight is 302 g/mol. The molecule has 0 radical (unpaired) electrons. The Morgan fingerprint density at radius 3 is 2.57 bits per heavy atom. The molecule has 14 heavy (non-hydrogen) atoms. The Kier molecular flexibility index (Phi) is 5.68. The van der Waals surface area contributed by atoms with Crippen molar-refractivity contribution < 1.29 is 4.74 Å². The van der Waals surface area contributed by atoms with Gasteiger partial charge in [-0.3, -0.25) is 0 Å². The number of ether oxygens (including phenoxy) is 1. The van der Waals surface area contributed by atoms with Crippen molar-refractivity contribution in [2.24, 2.45) is 0 Å². The molecule has 1 aromatic carbocycles. The van der Waals surface area contributed by atoms with Crippen LogP contribution in [0.4, 0.5) is 0 Å². The van der Waals surface area contributed by atoms with Crippen molar-refractivity contribution in [3.05, 3.63) is 40.5 Å². The van der Waals surface area contributed by atoms with Crippen molar-refractivity contribution in [3.8, 4) is 5.75 Å². The zero-order chi connectivity index (χ0) is 10.2. The van der Waals surface area contributed by atoms with Gasteiger partial charge in [-0.25, -0.2) is 0 Å². The van der Waals surface area contributed by atoms with Gasteiger partial charge in [0.15, 0.2) is 0 Å². The molecule has 0 bridgehead atoms. The minimum Gasteiger partial charge on any atom is -0.494 e. The van der Waals surface area contributed by atoms with Crippen molar-refractivity contribution >= 4 is 22.6 Å². The Bertz CT molecular complexity index is 266. The van der Waals surface area contributed by atoms with Gasteiger partial charge in [0.2, 0.25) is 0 Å². The third kappa shape index (κ3) is 4.65. The number of hydrogen-bond acceptors (Lipinski definition) is 1. The van der Waals surface area contributed by atoms with Crippen molar-refractivity contribution in [1.82, 2.24) is 0 Å². The number of unbranched alkanes of at least 4 members (excludes halogenated alkanes) is 2. The van der Waals surface area contributed by atoms with E-state index in [9.17, 15) is 0 Å². The molecule has 0 saturated carbocycles. The molecule has 0 saturated heterocycles. The average Bonchev–Trinajstić information content (AvgIpc) is 2.21. The standard InChI is InChI=1S/C12H15IO/c1-2-3-4-5-10-14-12-8-6-11(13)7-9-12/h2,6-9H,1,3-5,10H2. The lowest BCUT2D eigenvalue weighted by Crippen LogP contribution is -1.96. The predicted molar refractivity (Wildman–Crippen MR) is 68.7 cm³/mol. The fraction of sp³-hybridized carbons (Fsp3) is 0.333. The molecule has 0 aromatic heterocycles. The summed E-state index contributed by atoms with van der Waals surface area (Å²) in [4.78, 5) is 0.